The normalized spacial score (nSPS) is 11.5. The average Bonchev–Trinajstić information content (AvgIpc) is 3.29. The number of hydrogen-bond donors (Lipinski definition) is 1. The number of benzene rings is 1. The molecule has 0 spiro atoms. The third kappa shape index (κ3) is 5.95. The summed E-state index contributed by atoms with van der Waals surface area (Å²) in [6, 6.07) is 10.0. The molecule has 0 aliphatic carbocycles. The van der Waals surface area contributed by atoms with Crippen molar-refractivity contribution in [1.82, 2.24) is 15.1 Å². The molecule has 11 heteroatoms. The molecule has 0 saturated heterocycles. The zero-order valence-electron chi connectivity index (χ0n) is 16.3. The largest absolute Gasteiger partial charge is 0.486 e. The number of nitrogens with one attached hydrogen (secondary N) is 1. The van der Waals surface area contributed by atoms with E-state index in [0.717, 1.165) is 0 Å². The van der Waals surface area contributed by atoms with Crippen molar-refractivity contribution in [3.8, 4) is 5.75 Å². The van der Waals surface area contributed by atoms with Gasteiger partial charge in [0.2, 0.25) is 0 Å². The Morgan fingerprint density at radius 2 is 2.03 bits per heavy atom. The molecule has 0 fully saturated rings. The molecule has 0 unspecified atom stereocenters. The van der Waals surface area contributed by atoms with Crippen LogP contribution in [0.1, 0.15) is 34.1 Å². The first-order chi connectivity index (χ1) is 14.6. The zero-order chi connectivity index (χ0) is 22.6. The Hall–Kier alpha value is -2.65. The van der Waals surface area contributed by atoms with Gasteiger partial charge in [0.15, 0.2) is 11.5 Å². The van der Waals surface area contributed by atoms with Crippen molar-refractivity contribution in [1.29, 1.82) is 0 Å². The molecular weight excluding hydrogens is 458 g/mol. The summed E-state index contributed by atoms with van der Waals surface area (Å²) in [5.41, 5.74) is -0.894. The molecule has 0 radical (unpaired) electrons. The number of aryl methyl sites for hydroxylation is 1. The van der Waals surface area contributed by atoms with E-state index in [-0.39, 0.29) is 31.2 Å². The molecule has 3 aromatic rings. The Morgan fingerprint density at radius 3 is 2.71 bits per heavy atom. The van der Waals surface area contributed by atoms with Gasteiger partial charge in [-0.2, -0.15) is 18.3 Å². The number of rotatable bonds is 8. The van der Waals surface area contributed by atoms with Crippen LogP contribution < -0.4 is 10.1 Å². The fourth-order valence-electron chi connectivity index (χ4n) is 2.73. The average molecular weight is 476 g/mol. The highest BCUT2D eigenvalue weighted by atomic mass is 35.5. The van der Waals surface area contributed by atoms with Crippen LogP contribution in [0.5, 0.6) is 5.75 Å². The molecule has 31 heavy (non-hydrogen) atoms. The fraction of sp³-hybridized carbons (Fsp3) is 0.300. The number of hydrogen-bond acceptors (Lipinski definition) is 4. The fourth-order valence-corrected chi connectivity index (χ4v) is 3.15. The van der Waals surface area contributed by atoms with Crippen LogP contribution in [0.15, 0.2) is 40.8 Å². The van der Waals surface area contributed by atoms with Gasteiger partial charge < -0.3 is 14.5 Å². The number of alkyl halides is 3. The minimum Gasteiger partial charge on any atom is -0.486 e. The van der Waals surface area contributed by atoms with Crippen molar-refractivity contribution in [2.75, 3.05) is 6.54 Å². The highest BCUT2D eigenvalue weighted by molar-refractivity contribution is 6.32. The van der Waals surface area contributed by atoms with Gasteiger partial charge in [-0.15, -0.1) is 0 Å². The topological polar surface area (TPSA) is 69.3 Å². The van der Waals surface area contributed by atoms with Crippen molar-refractivity contribution in [2.24, 2.45) is 0 Å². The van der Waals surface area contributed by atoms with Gasteiger partial charge in [-0.25, -0.2) is 0 Å². The van der Waals surface area contributed by atoms with E-state index >= 15 is 0 Å². The maximum Gasteiger partial charge on any atom is 0.436 e. The minimum atomic E-state index is -4.62. The highest BCUT2D eigenvalue weighted by Crippen LogP contribution is 2.35. The molecule has 0 aliphatic heterocycles. The summed E-state index contributed by atoms with van der Waals surface area (Å²) in [4.78, 5) is 12.2. The number of nitrogens with zero attached hydrogens (tertiary/aromatic N) is 2. The van der Waals surface area contributed by atoms with E-state index < -0.39 is 22.8 Å². The first kappa shape index (κ1) is 23.0. The van der Waals surface area contributed by atoms with Crippen LogP contribution in [0.25, 0.3) is 0 Å². The van der Waals surface area contributed by atoms with Crippen molar-refractivity contribution < 1.29 is 27.1 Å². The zero-order valence-corrected chi connectivity index (χ0v) is 17.8. The molecule has 6 nitrogen and oxygen atoms in total. The van der Waals surface area contributed by atoms with Gasteiger partial charge in [-0.3, -0.25) is 9.48 Å². The molecule has 166 valence electrons. The van der Waals surface area contributed by atoms with Crippen LogP contribution in [0.2, 0.25) is 10.0 Å². The maximum absolute atomic E-state index is 12.9. The van der Waals surface area contributed by atoms with E-state index in [1.807, 2.05) is 0 Å². The lowest BCUT2D eigenvalue weighted by Gasteiger charge is -2.06. The smallest absolute Gasteiger partial charge is 0.436 e. The Morgan fingerprint density at radius 1 is 1.26 bits per heavy atom. The Bertz CT molecular complexity index is 1060. The maximum atomic E-state index is 12.9. The second-order valence-electron chi connectivity index (χ2n) is 6.59. The quantitative estimate of drug-likeness (QED) is 0.436. The number of carbonyl (C=O) groups excluding carboxylic acids is 1. The van der Waals surface area contributed by atoms with Crippen LogP contribution in [-0.4, -0.2) is 22.2 Å². The molecule has 0 atom stereocenters. The lowest BCUT2D eigenvalue weighted by molar-refractivity contribution is -0.141. The minimum absolute atomic E-state index is 0.0994. The molecule has 0 saturated carbocycles. The molecular formula is C20H18Cl2F3N3O3. The van der Waals surface area contributed by atoms with E-state index in [2.05, 4.69) is 10.4 Å². The van der Waals surface area contributed by atoms with E-state index in [1.165, 1.54) is 17.7 Å². The van der Waals surface area contributed by atoms with Gasteiger partial charge in [0, 0.05) is 18.1 Å². The number of carbonyl (C=O) groups is 1. The number of ether oxygens (including phenoxy) is 1. The van der Waals surface area contributed by atoms with Gasteiger partial charge in [0.25, 0.3) is 5.91 Å². The van der Waals surface area contributed by atoms with Gasteiger partial charge >= 0.3 is 6.18 Å². The van der Waals surface area contributed by atoms with Gasteiger partial charge in [-0.1, -0.05) is 29.3 Å². The number of aromatic nitrogens is 2. The summed E-state index contributed by atoms with van der Waals surface area (Å²) in [6.07, 6.45) is -4.26. The second-order valence-corrected chi connectivity index (χ2v) is 7.40. The van der Waals surface area contributed by atoms with E-state index in [9.17, 15) is 18.0 Å². The van der Waals surface area contributed by atoms with Gasteiger partial charge in [0.1, 0.15) is 18.1 Å². The molecule has 0 bridgehead atoms. The molecule has 0 aliphatic rings. The van der Waals surface area contributed by atoms with Crippen LogP contribution >= 0.6 is 23.2 Å². The predicted molar refractivity (Wildman–Crippen MR) is 108 cm³/mol. The summed E-state index contributed by atoms with van der Waals surface area (Å²) in [5, 5.41) is 6.29. The molecule has 3 rings (SSSR count). The first-order valence-electron chi connectivity index (χ1n) is 9.20. The first-order valence-corrected chi connectivity index (χ1v) is 9.96. The lowest BCUT2D eigenvalue weighted by Crippen LogP contribution is -2.25. The SMILES string of the molecule is Cc1c(Cl)c(C(F)(F)F)nn1CCCNC(=O)c1ccc(COc2cccc(Cl)c2)o1. The predicted octanol–water partition coefficient (Wildman–Crippen LogP) is 5.51. The van der Waals surface area contributed by atoms with Crippen LogP contribution in [-0.2, 0) is 19.3 Å². The van der Waals surface area contributed by atoms with Crippen molar-refractivity contribution in [3.05, 3.63) is 69.4 Å². The standard InChI is InChI=1S/C20H18Cl2F3N3O3/c1-12-17(22)18(20(23,24)25)27-28(12)9-3-8-26-19(29)16-7-6-15(31-16)11-30-14-5-2-4-13(21)10-14/h2,4-7,10H,3,8-9,11H2,1H3,(H,26,29). The van der Waals surface area contributed by atoms with Crippen molar-refractivity contribution in [2.45, 2.75) is 32.7 Å². The molecule has 1 aromatic carbocycles. The summed E-state index contributed by atoms with van der Waals surface area (Å²) < 4.78 is 50.7. The van der Waals surface area contributed by atoms with E-state index in [0.29, 0.717) is 23.0 Å². The third-order valence-electron chi connectivity index (χ3n) is 4.30. The molecule has 1 N–H and O–H groups in total. The summed E-state index contributed by atoms with van der Waals surface area (Å²) in [5.74, 6) is 0.673. The third-order valence-corrected chi connectivity index (χ3v) is 4.98. The van der Waals surface area contributed by atoms with E-state index in [1.54, 1.807) is 30.3 Å². The number of amides is 1. The summed E-state index contributed by atoms with van der Waals surface area (Å²) in [7, 11) is 0. The molecule has 2 heterocycles. The second kappa shape index (κ2) is 9.65. The van der Waals surface area contributed by atoms with Gasteiger partial charge in [-0.05, 0) is 43.7 Å². The summed E-state index contributed by atoms with van der Waals surface area (Å²) >= 11 is 11.6. The van der Waals surface area contributed by atoms with Gasteiger partial charge in [0.05, 0.1) is 10.7 Å². The summed E-state index contributed by atoms with van der Waals surface area (Å²) in [6.45, 7) is 1.96. The lowest BCUT2D eigenvalue weighted by atomic mass is 10.3. The van der Waals surface area contributed by atoms with Crippen LogP contribution in [0.4, 0.5) is 13.2 Å². The van der Waals surface area contributed by atoms with E-state index in [4.69, 9.17) is 32.4 Å². The molecule has 1 amide bonds. The molecule has 2 aromatic heterocycles. The van der Waals surface area contributed by atoms with Crippen LogP contribution in [0, 0.1) is 6.92 Å². The number of halogens is 5. The van der Waals surface area contributed by atoms with Crippen molar-refractivity contribution in [3.63, 3.8) is 0 Å². The Labute approximate surface area is 185 Å². The van der Waals surface area contributed by atoms with Crippen LogP contribution in [0.3, 0.4) is 0 Å². The Kier molecular flexibility index (Phi) is 7.17. The highest BCUT2D eigenvalue weighted by Gasteiger charge is 2.38. The Balaban J connectivity index is 1.46. The number of furan rings is 1. The van der Waals surface area contributed by atoms with Crippen molar-refractivity contribution >= 4 is 29.1 Å². The monoisotopic (exact) mass is 475 g/mol.